The van der Waals surface area contributed by atoms with Crippen LogP contribution in [-0.2, 0) is 16.8 Å². The van der Waals surface area contributed by atoms with E-state index in [0.717, 1.165) is 53.7 Å². The lowest BCUT2D eigenvalue weighted by atomic mass is 9.97. The topological polar surface area (TPSA) is 102 Å². The van der Waals surface area contributed by atoms with Crippen LogP contribution in [-0.4, -0.2) is 49.3 Å². The number of aromatic nitrogens is 5. The number of aryl methyl sites for hydroxylation is 2. The molecule has 0 spiro atoms. The Morgan fingerprint density at radius 3 is 2.76 bits per heavy atom. The van der Waals surface area contributed by atoms with E-state index in [9.17, 15) is 4.79 Å². The number of H-pyrrole nitrogens is 1. The maximum absolute atomic E-state index is 13.8. The summed E-state index contributed by atoms with van der Waals surface area (Å²) < 4.78 is 13.7. The Morgan fingerprint density at radius 2 is 2.05 bits per heavy atom. The highest BCUT2D eigenvalue weighted by Crippen LogP contribution is 2.33. The second-order valence-electron chi connectivity index (χ2n) is 10.7. The van der Waals surface area contributed by atoms with Gasteiger partial charge in [-0.25, -0.2) is 4.68 Å². The predicted molar refractivity (Wildman–Crippen MR) is 141 cm³/mol. The maximum Gasteiger partial charge on any atom is 0.253 e. The van der Waals surface area contributed by atoms with Gasteiger partial charge in [-0.2, -0.15) is 0 Å². The lowest BCUT2D eigenvalue weighted by Gasteiger charge is -2.34. The van der Waals surface area contributed by atoms with Gasteiger partial charge >= 0.3 is 0 Å². The molecular weight excluding hydrogens is 468 g/mol. The van der Waals surface area contributed by atoms with Crippen molar-refractivity contribution in [1.82, 2.24) is 30.1 Å². The molecule has 1 aliphatic rings. The summed E-state index contributed by atoms with van der Waals surface area (Å²) in [6.07, 6.45) is 4.56. The highest BCUT2D eigenvalue weighted by molar-refractivity contribution is 5.85. The van der Waals surface area contributed by atoms with Gasteiger partial charge in [0.05, 0.1) is 30.0 Å². The van der Waals surface area contributed by atoms with Gasteiger partial charge in [0.25, 0.3) is 5.56 Å². The number of benzene rings is 1. The van der Waals surface area contributed by atoms with Crippen LogP contribution in [0.4, 0.5) is 0 Å². The van der Waals surface area contributed by atoms with Crippen molar-refractivity contribution in [3.05, 3.63) is 75.2 Å². The van der Waals surface area contributed by atoms with Crippen molar-refractivity contribution < 1.29 is 9.15 Å². The number of aromatic amines is 1. The van der Waals surface area contributed by atoms with E-state index in [2.05, 4.69) is 59.2 Å². The number of nitrogens with zero attached hydrogens (tertiary/aromatic N) is 5. The number of fused-ring (bicyclic) bond motifs is 1. The fourth-order valence-electron chi connectivity index (χ4n) is 5.15. The average molecular weight is 505 g/mol. The van der Waals surface area contributed by atoms with E-state index in [1.54, 1.807) is 6.26 Å². The summed E-state index contributed by atoms with van der Waals surface area (Å²) in [5.74, 6) is 1.44. The maximum atomic E-state index is 13.8. The van der Waals surface area contributed by atoms with Crippen LogP contribution in [0.5, 0.6) is 0 Å². The van der Waals surface area contributed by atoms with E-state index >= 15 is 0 Å². The van der Waals surface area contributed by atoms with E-state index in [1.807, 2.05) is 35.9 Å². The molecule has 196 valence electrons. The highest BCUT2D eigenvalue weighted by atomic mass is 16.5. The largest absolute Gasteiger partial charge is 0.468 e. The number of pyridine rings is 1. The van der Waals surface area contributed by atoms with Crippen LogP contribution in [0, 0.1) is 13.8 Å². The lowest BCUT2D eigenvalue weighted by molar-refractivity contribution is 0.0534. The molecule has 4 aromatic rings. The van der Waals surface area contributed by atoms with E-state index in [1.165, 1.54) is 0 Å². The third kappa shape index (κ3) is 4.98. The molecule has 0 bridgehead atoms. The molecule has 3 aromatic heterocycles. The van der Waals surface area contributed by atoms with Crippen molar-refractivity contribution in [3.8, 4) is 0 Å². The minimum Gasteiger partial charge on any atom is -0.468 e. The Hall–Kier alpha value is -3.30. The van der Waals surface area contributed by atoms with E-state index in [4.69, 9.17) is 9.15 Å². The van der Waals surface area contributed by atoms with Gasteiger partial charge in [0.1, 0.15) is 11.8 Å². The Kier molecular flexibility index (Phi) is 7.00. The van der Waals surface area contributed by atoms with Gasteiger partial charge in [-0.15, -0.1) is 5.10 Å². The first-order valence-electron chi connectivity index (χ1n) is 13.1. The second kappa shape index (κ2) is 10.2. The van der Waals surface area contributed by atoms with Gasteiger partial charge in [-0.1, -0.05) is 19.1 Å². The van der Waals surface area contributed by atoms with Crippen LogP contribution in [0.25, 0.3) is 10.9 Å². The van der Waals surface area contributed by atoms with Crippen molar-refractivity contribution >= 4 is 10.9 Å². The van der Waals surface area contributed by atoms with E-state index in [0.29, 0.717) is 24.5 Å². The summed E-state index contributed by atoms with van der Waals surface area (Å²) in [5.41, 5.74) is 3.11. The second-order valence-corrected chi connectivity index (χ2v) is 10.7. The zero-order chi connectivity index (χ0) is 26.2. The summed E-state index contributed by atoms with van der Waals surface area (Å²) >= 11 is 0. The van der Waals surface area contributed by atoms with Crippen LogP contribution in [0.1, 0.15) is 74.4 Å². The standard InChI is InChI=1S/C28H36N6O3/c1-6-28(4,5)34-26(30-31-32-34)25(23-15-22-18(2)11-12-19(3)24(22)29-27(23)35)33(16-20-9-7-13-36-20)17-21-10-8-14-37-21/h7,9,11-13,15,21,25H,6,8,10,14,16-17H2,1-5H3,(H,29,35)/t21-,25-/m0/s1. The number of nitrogens with one attached hydrogen (secondary N) is 1. The van der Waals surface area contributed by atoms with Crippen LogP contribution < -0.4 is 5.56 Å². The molecule has 1 fully saturated rings. The first-order valence-corrected chi connectivity index (χ1v) is 13.1. The van der Waals surface area contributed by atoms with Crippen LogP contribution in [0.3, 0.4) is 0 Å². The third-order valence-electron chi connectivity index (χ3n) is 7.71. The molecule has 1 aromatic carbocycles. The molecule has 1 saturated heterocycles. The molecule has 0 radical (unpaired) electrons. The first kappa shape index (κ1) is 25.4. The number of rotatable bonds is 9. The van der Waals surface area contributed by atoms with Gasteiger partial charge in [0.15, 0.2) is 5.82 Å². The minimum absolute atomic E-state index is 0.0597. The minimum atomic E-state index is -0.511. The number of hydrogen-bond donors (Lipinski definition) is 1. The van der Waals surface area contributed by atoms with Crippen molar-refractivity contribution in [3.63, 3.8) is 0 Å². The summed E-state index contributed by atoms with van der Waals surface area (Å²) in [4.78, 5) is 19.2. The van der Waals surface area contributed by atoms with E-state index in [-0.39, 0.29) is 17.2 Å². The van der Waals surface area contributed by atoms with Gasteiger partial charge in [0, 0.05) is 24.1 Å². The van der Waals surface area contributed by atoms with Crippen molar-refractivity contribution in [2.24, 2.45) is 0 Å². The molecule has 5 rings (SSSR count). The summed E-state index contributed by atoms with van der Waals surface area (Å²) in [7, 11) is 0. The number of hydrogen-bond acceptors (Lipinski definition) is 7. The smallest absolute Gasteiger partial charge is 0.253 e. The zero-order valence-electron chi connectivity index (χ0n) is 22.3. The Bertz CT molecular complexity index is 1420. The predicted octanol–water partition coefficient (Wildman–Crippen LogP) is 4.64. The van der Waals surface area contributed by atoms with Crippen LogP contribution in [0.2, 0.25) is 0 Å². The SMILES string of the molecule is CCC(C)(C)n1nnnc1[C@H](c1cc2c(C)ccc(C)c2[nH]c1=O)N(Cc1ccco1)C[C@@H]1CCCO1. The Balaban J connectivity index is 1.73. The van der Waals surface area contributed by atoms with E-state index < -0.39 is 6.04 Å². The van der Waals surface area contributed by atoms with Crippen molar-refractivity contribution in [1.29, 1.82) is 0 Å². The molecule has 1 aliphatic heterocycles. The van der Waals surface area contributed by atoms with Gasteiger partial charge in [0.2, 0.25) is 0 Å². The van der Waals surface area contributed by atoms with Gasteiger partial charge < -0.3 is 14.1 Å². The summed E-state index contributed by atoms with van der Waals surface area (Å²) in [6, 6.07) is 9.47. The molecule has 1 N–H and O–H groups in total. The molecular formula is C28H36N6O3. The fraction of sp³-hybridized carbons (Fsp3) is 0.500. The van der Waals surface area contributed by atoms with Crippen molar-refractivity contribution in [2.75, 3.05) is 13.2 Å². The fourth-order valence-corrected chi connectivity index (χ4v) is 5.15. The number of furan rings is 1. The molecule has 37 heavy (non-hydrogen) atoms. The highest BCUT2D eigenvalue weighted by Gasteiger charge is 2.36. The lowest BCUT2D eigenvalue weighted by Crippen LogP contribution is -2.41. The monoisotopic (exact) mass is 504 g/mol. The average Bonchev–Trinajstić information content (AvgIpc) is 3.66. The Morgan fingerprint density at radius 1 is 1.24 bits per heavy atom. The summed E-state index contributed by atoms with van der Waals surface area (Å²) in [5, 5.41) is 14.0. The number of ether oxygens (including phenoxy) is 1. The molecule has 4 heterocycles. The molecule has 0 aliphatic carbocycles. The molecule has 9 nitrogen and oxygen atoms in total. The Labute approximate surface area is 216 Å². The van der Waals surface area contributed by atoms with Crippen LogP contribution in [0.15, 0.2) is 45.8 Å². The molecule has 0 saturated carbocycles. The van der Waals surface area contributed by atoms with Gasteiger partial charge in [-0.05, 0) is 86.7 Å². The first-order chi connectivity index (χ1) is 17.8. The van der Waals surface area contributed by atoms with Gasteiger partial charge in [-0.3, -0.25) is 9.69 Å². The normalized spacial score (nSPS) is 17.2. The molecule has 9 heteroatoms. The molecule has 0 unspecified atom stereocenters. The van der Waals surface area contributed by atoms with Crippen molar-refractivity contribution in [2.45, 2.75) is 78.1 Å². The summed E-state index contributed by atoms with van der Waals surface area (Å²) in [6.45, 7) is 12.3. The third-order valence-corrected chi connectivity index (χ3v) is 7.71. The molecule has 2 atom stereocenters. The number of tetrazole rings is 1. The quantitative estimate of drug-likeness (QED) is 0.354. The molecule has 0 amide bonds. The zero-order valence-corrected chi connectivity index (χ0v) is 22.3. The van der Waals surface area contributed by atoms with Crippen LogP contribution >= 0.6 is 0 Å².